The second-order valence-corrected chi connectivity index (χ2v) is 10.3. The molecule has 0 saturated heterocycles. The molecule has 9 nitrogen and oxygen atoms in total. The van der Waals surface area contributed by atoms with Gasteiger partial charge in [0.2, 0.25) is 10.0 Å². The van der Waals surface area contributed by atoms with Gasteiger partial charge < -0.3 is 0 Å². The van der Waals surface area contributed by atoms with Crippen LogP contribution in [0.3, 0.4) is 0 Å². The molecule has 4 rings (SSSR count). The van der Waals surface area contributed by atoms with E-state index in [9.17, 15) is 13.2 Å². The molecule has 0 saturated carbocycles. The van der Waals surface area contributed by atoms with E-state index < -0.39 is 15.9 Å². The van der Waals surface area contributed by atoms with Crippen molar-refractivity contribution in [2.24, 2.45) is 5.14 Å². The monoisotopic (exact) mass is 502 g/mol. The fraction of sp³-hybridized carbons (Fsp3) is 0.143. The predicted molar refractivity (Wildman–Crippen MR) is 127 cm³/mol. The maximum atomic E-state index is 12.8. The van der Waals surface area contributed by atoms with Gasteiger partial charge in [0.05, 0.1) is 22.0 Å². The third kappa shape index (κ3) is 5.11. The first kappa shape index (κ1) is 23.1. The number of halogens is 1. The van der Waals surface area contributed by atoms with E-state index in [0.29, 0.717) is 28.0 Å². The van der Waals surface area contributed by atoms with Crippen molar-refractivity contribution in [3.8, 4) is 5.69 Å². The molecule has 4 aromatic rings. The van der Waals surface area contributed by atoms with Crippen LogP contribution >= 0.6 is 22.9 Å². The van der Waals surface area contributed by atoms with Gasteiger partial charge in [-0.25, -0.2) is 23.2 Å². The Hall–Kier alpha value is -3.12. The quantitative estimate of drug-likeness (QED) is 0.414. The molecule has 0 atom stereocenters. The molecule has 0 bridgehead atoms. The molecule has 2 aromatic heterocycles. The van der Waals surface area contributed by atoms with Crippen LogP contribution in [0.2, 0.25) is 5.02 Å². The lowest BCUT2D eigenvalue weighted by molar-refractivity contribution is 0.102. The van der Waals surface area contributed by atoms with E-state index in [1.807, 2.05) is 13.0 Å². The highest BCUT2D eigenvalue weighted by Crippen LogP contribution is 2.26. The number of carbonyl (C=O) groups excluding carboxylic acids is 1. The minimum Gasteiger partial charge on any atom is -0.296 e. The summed E-state index contributed by atoms with van der Waals surface area (Å²) in [5.74, 6) is -0.418. The maximum absolute atomic E-state index is 12.8. The summed E-state index contributed by atoms with van der Waals surface area (Å²) in [6.07, 6.45) is 0.536. The SMILES string of the molecule is Cc1nc(NC(=O)c2nnn(-c3cccc(Cl)c3)c2C)sc1Cc1ccc(S(N)(=O)=O)cc1. The van der Waals surface area contributed by atoms with Crippen molar-refractivity contribution in [3.63, 3.8) is 0 Å². The molecule has 0 fully saturated rings. The van der Waals surface area contributed by atoms with E-state index in [-0.39, 0.29) is 10.6 Å². The summed E-state index contributed by atoms with van der Waals surface area (Å²) in [5, 5.41) is 17.0. The van der Waals surface area contributed by atoms with E-state index in [2.05, 4.69) is 20.6 Å². The lowest BCUT2D eigenvalue weighted by Gasteiger charge is -2.04. The van der Waals surface area contributed by atoms with Gasteiger partial charge in [-0.3, -0.25) is 10.1 Å². The van der Waals surface area contributed by atoms with Gasteiger partial charge in [-0.2, -0.15) is 0 Å². The van der Waals surface area contributed by atoms with Gasteiger partial charge in [0.15, 0.2) is 10.8 Å². The van der Waals surface area contributed by atoms with E-state index in [1.54, 1.807) is 41.9 Å². The molecule has 2 aromatic carbocycles. The number of amides is 1. The molecule has 2 heterocycles. The number of anilines is 1. The van der Waals surface area contributed by atoms with E-state index >= 15 is 0 Å². The molecule has 12 heteroatoms. The van der Waals surface area contributed by atoms with Crippen LogP contribution in [-0.4, -0.2) is 34.3 Å². The number of sulfonamides is 1. The Labute approximate surface area is 199 Å². The largest absolute Gasteiger partial charge is 0.296 e. The topological polar surface area (TPSA) is 133 Å². The van der Waals surface area contributed by atoms with Gasteiger partial charge in [-0.15, -0.1) is 16.4 Å². The molecule has 0 aliphatic heterocycles. The number of carbonyl (C=O) groups is 1. The first-order valence-electron chi connectivity index (χ1n) is 9.69. The Morgan fingerprint density at radius 2 is 1.91 bits per heavy atom. The summed E-state index contributed by atoms with van der Waals surface area (Å²) >= 11 is 7.39. The Bertz CT molecular complexity index is 1450. The van der Waals surface area contributed by atoms with Crippen molar-refractivity contribution in [1.82, 2.24) is 20.0 Å². The standard InChI is InChI=1S/C21H19ClN6O3S2/c1-12-18(10-14-6-8-17(9-7-14)33(23,30)31)32-21(24-12)25-20(29)19-13(2)28(27-26-19)16-5-3-4-15(22)11-16/h3-9,11H,10H2,1-2H3,(H2,23,30,31)(H,24,25,29). The number of benzene rings is 2. The number of primary sulfonamides is 1. The number of thiazole rings is 1. The van der Waals surface area contributed by atoms with Crippen LogP contribution in [0.25, 0.3) is 5.69 Å². The average Bonchev–Trinajstić information content (AvgIpc) is 3.30. The molecule has 33 heavy (non-hydrogen) atoms. The van der Waals surface area contributed by atoms with Crippen molar-refractivity contribution >= 4 is 44.0 Å². The average molecular weight is 503 g/mol. The van der Waals surface area contributed by atoms with Gasteiger partial charge in [0, 0.05) is 16.3 Å². The molecule has 0 radical (unpaired) electrons. The normalized spacial score (nSPS) is 11.5. The maximum Gasteiger partial charge on any atom is 0.279 e. The zero-order chi connectivity index (χ0) is 23.8. The summed E-state index contributed by atoms with van der Waals surface area (Å²) in [4.78, 5) is 18.2. The molecule has 0 spiro atoms. The number of aromatic nitrogens is 4. The molecule has 0 aliphatic rings. The van der Waals surface area contributed by atoms with E-state index in [1.165, 1.54) is 23.5 Å². The molecular weight excluding hydrogens is 484 g/mol. The number of aryl methyl sites for hydroxylation is 1. The highest BCUT2D eigenvalue weighted by Gasteiger charge is 2.20. The second kappa shape index (κ2) is 9.02. The van der Waals surface area contributed by atoms with Gasteiger partial charge in [0.1, 0.15) is 0 Å². The smallest absolute Gasteiger partial charge is 0.279 e. The zero-order valence-corrected chi connectivity index (χ0v) is 20.0. The highest BCUT2D eigenvalue weighted by molar-refractivity contribution is 7.89. The summed E-state index contributed by atoms with van der Waals surface area (Å²) < 4.78 is 24.4. The van der Waals surface area contributed by atoms with Crippen molar-refractivity contribution in [2.45, 2.75) is 25.2 Å². The van der Waals surface area contributed by atoms with Crippen LogP contribution in [0, 0.1) is 13.8 Å². The van der Waals surface area contributed by atoms with E-state index in [4.69, 9.17) is 16.7 Å². The summed E-state index contributed by atoms with van der Waals surface area (Å²) in [6, 6.07) is 13.4. The number of nitrogens with one attached hydrogen (secondary N) is 1. The van der Waals surface area contributed by atoms with Crippen LogP contribution in [0.15, 0.2) is 53.4 Å². The lowest BCUT2D eigenvalue weighted by Crippen LogP contribution is -2.14. The Morgan fingerprint density at radius 1 is 1.18 bits per heavy atom. The summed E-state index contributed by atoms with van der Waals surface area (Å²) in [5.41, 5.74) is 3.12. The molecule has 170 valence electrons. The molecule has 3 N–H and O–H groups in total. The van der Waals surface area contributed by atoms with Gasteiger partial charge >= 0.3 is 0 Å². The summed E-state index contributed by atoms with van der Waals surface area (Å²) in [7, 11) is -3.73. The van der Waals surface area contributed by atoms with E-state index in [0.717, 1.165) is 16.1 Å². The fourth-order valence-corrected chi connectivity index (χ4v) is 4.87. The third-order valence-corrected chi connectivity index (χ3v) is 7.13. The third-order valence-electron chi connectivity index (χ3n) is 4.89. The van der Waals surface area contributed by atoms with Crippen LogP contribution in [0.5, 0.6) is 0 Å². The Kier molecular flexibility index (Phi) is 6.30. The predicted octanol–water partition coefficient (Wildman–Crippen LogP) is 3.48. The number of rotatable bonds is 6. The van der Waals surface area contributed by atoms with Crippen LogP contribution in [0.4, 0.5) is 5.13 Å². The van der Waals surface area contributed by atoms with Crippen molar-refractivity contribution < 1.29 is 13.2 Å². The van der Waals surface area contributed by atoms with Crippen molar-refractivity contribution in [3.05, 3.63) is 81.1 Å². The van der Waals surface area contributed by atoms with Crippen molar-refractivity contribution in [1.29, 1.82) is 0 Å². The molecule has 0 aliphatic carbocycles. The van der Waals surface area contributed by atoms with Gasteiger partial charge in [0.25, 0.3) is 5.91 Å². The number of nitrogens with zero attached hydrogens (tertiary/aromatic N) is 4. The first-order valence-corrected chi connectivity index (χ1v) is 12.4. The molecular formula is C21H19ClN6O3S2. The first-order chi connectivity index (χ1) is 15.6. The van der Waals surface area contributed by atoms with Crippen LogP contribution in [-0.2, 0) is 16.4 Å². The van der Waals surface area contributed by atoms with Gasteiger partial charge in [-0.05, 0) is 49.7 Å². The highest BCUT2D eigenvalue weighted by atomic mass is 35.5. The number of hydrogen-bond acceptors (Lipinski definition) is 7. The zero-order valence-electron chi connectivity index (χ0n) is 17.6. The van der Waals surface area contributed by atoms with Crippen LogP contribution in [0.1, 0.15) is 32.3 Å². The minimum absolute atomic E-state index is 0.0569. The summed E-state index contributed by atoms with van der Waals surface area (Å²) in [6.45, 7) is 3.60. The van der Waals surface area contributed by atoms with Crippen LogP contribution < -0.4 is 10.5 Å². The second-order valence-electron chi connectivity index (χ2n) is 7.26. The van der Waals surface area contributed by atoms with Gasteiger partial charge in [-0.1, -0.05) is 35.0 Å². The fourth-order valence-electron chi connectivity index (χ4n) is 3.18. The Morgan fingerprint density at radius 3 is 2.58 bits per heavy atom. The number of nitrogens with two attached hydrogens (primary N) is 1. The lowest BCUT2D eigenvalue weighted by atomic mass is 10.1. The number of hydrogen-bond donors (Lipinski definition) is 2. The minimum atomic E-state index is -3.73. The Balaban J connectivity index is 1.49. The molecule has 0 unspecified atom stereocenters. The molecule has 1 amide bonds. The van der Waals surface area contributed by atoms with Crippen molar-refractivity contribution in [2.75, 3.05) is 5.32 Å².